The van der Waals surface area contributed by atoms with Gasteiger partial charge in [-0.15, -0.1) is 0 Å². The van der Waals surface area contributed by atoms with Crippen LogP contribution in [-0.2, 0) is 16.1 Å². The van der Waals surface area contributed by atoms with Crippen molar-refractivity contribution in [3.05, 3.63) is 53.3 Å². The van der Waals surface area contributed by atoms with Crippen LogP contribution in [0.5, 0.6) is 0 Å². The van der Waals surface area contributed by atoms with E-state index in [2.05, 4.69) is 5.10 Å². The highest BCUT2D eigenvalue weighted by molar-refractivity contribution is 5.97. The standard InChI is InChI=1S/C20H23N3O5/c1-2-27-19(25)17-12-21-23(18(17)13-24)16-8-10-22(11-9-16)20(26)28-14-15-6-4-3-5-7-15/h3-7,12-13,16H,2,8-11,14H2,1H3. The Labute approximate surface area is 163 Å². The Bertz CT molecular complexity index is 826. The summed E-state index contributed by atoms with van der Waals surface area (Å²) in [6.45, 7) is 3.15. The predicted octanol–water partition coefficient (Wildman–Crippen LogP) is 2.85. The maximum atomic E-state index is 12.3. The maximum absolute atomic E-state index is 12.3. The lowest BCUT2D eigenvalue weighted by molar-refractivity contribution is 0.0523. The molecule has 0 bridgehead atoms. The number of nitrogens with zero attached hydrogens (tertiary/aromatic N) is 3. The van der Waals surface area contributed by atoms with Crippen molar-refractivity contribution in [1.82, 2.24) is 14.7 Å². The largest absolute Gasteiger partial charge is 0.462 e. The summed E-state index contributed by atoms with van der Waals surface area (Å²) in [5, 5.41) is 4.21. The van der Waals surface area contributed by atoms with Gasteiger partial charge in [-0.1, -0.05) is 30.3 Å². The van der Waals surface area contributed by atoms with Gasteiger partial charge in [0.1, 0.15) is 17.9 Å². The molecule has 1 amide bonds. The van der Waals surface area contributed by atoms with Crippen LogP contribution in [0, 0.1) is 0 Å². The molecule has 1 aliphatic heterocycles. The molecule has 3 rings (SSSR count). The molecule has 0 spiro atoms. The number of aromatic nitrogens is 2. The first kappa shape index (κ1) is 19.6. The van der Waals surface area contributed by atoms with Crippen molar-refractivity contribution in [2.45, 2.75) is 32.4 Å². The summed E-state index contributed by atoms with van der Waals surface area (Å²) in [5.41, 5.74) is 1.31. The molecule has 0 unspecified atom stereocenters. The maximum Gasteiger partial charge on any atom is 0.410 e. The number of carbonyl (C=O) groups excluding carboxylic acids is 3. The number of amides is 1. The van der Waals surface area contributed by atoms with Gasteiger partial charge >= 0.3 is 12.1 Å². The number of rotatable bonds is 6. The minimum absolute atomic E-state index is 0.0680. The monoisotopic (exact) mass is 385 g/mol. The molecule has 1 saturated heterocycles. The molecular weight excluding hydrogens is 362 g/mol. The first-order valence-electron chi connectivity index (χ1n) is 9.29. The molecule has 148 valence electrons. The molecule has 0 radical (unpaired) electrons. The van der Waals surface area contributed by atoms with Crippen molar-refractivity contribution in [1.29, 1.82) is 0 Å². The highest BCUT2D eigenvalue weighted by Gasteiger charge is 2.28. The number of esters is 1. The predicted molar refractivity (Wildman–Crippen MR) is 100 cm³/mol. The van der Waals surface area contributed by atoms with E-state index < -0.39 is 5.97 Å². The molecule has 0 aliphatic carbocycles. The third-order valence-electron chi connectivity index (χ3n) is 4.71. The second-order valence-corrected chi connectivity index (χ2v) is 6.48. The summed E-state index contributed by atoms with van der Waals surface area (Å²) in [5.74, 6) is -0.558. The minimum atomic E-state index is -0.558. The molecule has 1 fully saturated rings. The highest BCUT2D eigenvalue weighted by atomic mass is 16.6. The first-order valence-corrected chi connectivity index (χ1v) is 9.29. The Morgan fingerprint density at radius 3 is 2.54 bits per heavy atom. The molecule has 1 aromatic heterocycles. The van der Waals surface area contributed by atoms with Crippen molar-refractivity contribution >= 4 is 18.3 Å². The smallest absolute Gasteiger partial charge is 0.410 e. The number of hydrogen-bond acceptors (Lipinski definition) is 6. The summed E-state index contributed by atoms with van der Waals surface area (Å²) in [6.07, 6.45) is 2.86. The molecular formula is C20H23N3O5. The topological polar surface area (TPSA) is 90.7 Å². The molecule has 2 aromatic rings. The van der Waals surface area contributed by atoms with Crippen LogP contribution in [0.25, 0.3) is 0 Å². The summed E-state index contributed by atoms with van der Waals surface area (Å²) < 4.78 is 11.9. The Morgan fingerprint density at radius 1 is 1.18 bits per heavy atom. The van der Waals surface area contributed by atoms with E-state index >= 15 is 0 Å². The lowest BCUT2D eigenvalue weighted by atomic mass is 10.1. The fourth-order valence-electron chi connectivity index (χ4n) is 3.25. The molecule has 0 N–H and O–H groups in total. The van der Waals surface area contributed by atoms with Gasteiger partial charge in [0.2, 0.25) is 0 Å². The molecule has 8 heteroatoms. The number of benzene rings is 1. The van der Waals surface area contributed by atoms with Gasteiger partial charge in [-0.2, -0.15) is 5.10 Å². The van der Waals surface area contributed by atoms with E-state index in [0.29, 0.717) is 32.2 Å². The molecule has 0 atom stereocenters. The third kappa shape index (κ3) is 4.39. The summed E-state index contributed by atoms with van der Waals surface area (Å²) >= 11 is 0. The van der Waals surface area contributed by atoms with Gasteiger partial charge in [0, 0.05) is 13.1 Å². The van der Waals surface area contributed by atoms with Crippen LogP contribution in [0.3, 0.4) is 0 Å². The fraction of sp³-hybridized carbons (Fsp3) is 0.400. The molecule has 1 aliphatic rings. The van der Waals surface area contributed by atoms with E-state index in [1.165, 1.54) is 6.20 Å². The summed E-state index contributed by atoms with van der Waals surface area (Å²) in [7, 11) is 0. The van der Waals surface area contributed by atoms with Gasteiger partial charge in [-0.05, 0) is 25.3 Å². The normalized spacial score (nSPS) is 14.5. The SMILES string of the molecule is CCOC(=O)c1cnn(C2CCN(C(=O)OCc3ccccc3)CC2)c1C=O. The van der Waals surface area contributed by atoms with E-state index in [9.17, 15) is 14.4 Å². The average Bonchev–Trinajstić information content (AvgIpc) is 3.17. The van der Waals surface area contributed by atoms with E-state index in [1.54, 1.807) is 16.5 Å². The van der Waals surface area contributed by atoms with Crippen LogP contribution in [0.2, 0.25) is 0 Å². The van der Waals surface area contributed by atoms with E-state index in [0.717, 1.165) is 5.56 Å². The number of ether oxygens (including phenoxy) is 2. The van der Waals surface area contributed by atoms with Crippen molar-refractivity contribution in [2.24, 2.45) is 0 Å². The van der Waals surface area contributed by atoms with Crippen LogP contribution in [0.15, 0.2) is 36.5 Å². The van der Waals surface area contributed by atoms with Gasteiger partial charge in [0.15, 0.2) is 6.29 Å². The molecule has 1 aromatic carbocycles. The zero-order chi connectivity index (χ0) is 19.9. The van der Waals surface area contributed by atoms with Crippen molar-refractivity contribution < 1.29 is 23.9 Å². The van der Waals surface area contributed by atoms with Gasteiger partial charge in [0.25, 0.3) is 0 Å². The van der Waals surface area contributed by atoms with Crippen molar-refractivity contribution in [2.75, 3.05) is 19.7 Å². The highest BCUT2D eigenvalue weighted by Crippen LogP contribution is 2.25. The van der Waals surface area contributed by atoms with Gasteiger partial charge in [-0.3, -0.25) is 9.48 Å². The first-order chi connectivity index (χ1) is 13.6. The quantitative estimate of drug-likeness (QED) is 0.561. The Morgan fingerprint density at radius 2 is 1.89 bits per heavy atom. The number of likely N-dealkylation sites (tertiary alicyclic amines) is 1. The molecule has 0 saturated carbocycles. The van der Waals surface area contributed by atoms with Crippen LogP contribution in [0.1, 0.15) is 52.2 Å². The summed E-state index contributed by atoms with van der Waals surface area (Å²) in [4.78, 5) is 37.4. The van der Waals surface area contributed by atoms with Crippen molar-refractivity contribution in [3.8, 4) is 0 Å². The van der Waals surface area contributed by atoms with Gasteiger partial charge in [0.05, 0.1) is 18.8 Å². The van der Waals surface area contributed by atoms with E-state index in [-0.39, 0.29) is 36.6 Å². The van der Waals surface area contributed by atoms with Gasteiger partial charge in [-0.25, -0.2) is 9.59 Å². The second-order valence-electron chi connectivity index (χ2n) is 6.48. The lowest BCUT2D eigenvalue weighted by Crippen LogP contribution is -2.39. The summed E-state index contributed by atoms with van der Waals surface area (Å²) in [6, 6.07) is 9.44. The minimum Gasteiger partial charge on any atom is -0.462 e. The zero-order valence-corrected chi connectivity index (χ0v) is 15.7. The number of hydrogen-bond donors (Lipinski definition) is 0. The molecule has 28 heavy (non-hydrogen) atoms. The zero-order valence-electron chi connectivity index (χ0n) is 15.7. The van der Waals surface area contributed by atoms with Crippen LogP contribution in [0.4, 0.5) is 4.79 Å². The molecule has 8 nitrogen and oxygen atoms in total. The van der Waals surface area contributed by atoms with Gasteiger partial charge < -0.3 is 14.4 Å². The average molecular weight is 385 g/mol. The Balaban J connectivity index is 1.57. The number of aldehydes is 1. The van der Waals surface area contributed by atoms with Crippen LogP contribution in [-0.4, -0.2) is 52.7 Å². The lowest BCUT2D eigenvalue weighted by Gasteiger charge is -2.31. The second kappa shape index (κ2) is 9.16. The number of piperidine rings is 1. The number of carbonyl (C=O) groups is 3. The third-order valence-corrected chi connectivity index (χ3v) is 4.71. The van der Waals surface area contributed by atoms with E-state index in [4.69, 9.17) is 9.47 Å². The fourth-order valence-corrected chi connectivity index (χ4v) is 3.25. The van der Waals surface area contributed by atoms with Crippen LogP contribution >= 0.6 is 0 Å². The van der Waals surface area contributed by atoms with Crippen molar-refractivity contribution in [3.63, 3.8) is 0 Å². The Kier molecular flexibility index (Phi) is 6.41. The van der Waals surface area contributed by atoms with Crippen LogP contribution < -0.4 is 0 Å². The molecule has 2 heterocycles. The van der Waals surface area contributed by atoms with E-state index in [1.807, 2.05) is 30.3 Å². The Hall–Kier alpha value is -3.16.